The van der Waals surface area contributed by atoms with E-state index in [2.05, 4.69) is 11.6 Å². The molecule has 0 bridgehead atoms. The van der Waals surface area contributed by atoms with Crippen molar-refractivity contribution in [1.82, 2.24) is 4.72 Å². The van der Waals surface area contributed by atoms with Gasteiger partial charge in [0, 0.05) is 11.4 Å². The molecule has 108 valence electrons. The summed E-state index contributed by atoms with van der Waals surface area (Å²) in [6.07, 6.45) is 3.40. The second-order valence-electron chi connectivity index (χ2n) is 5.47. The van der Waals surface area contributed by atoms with Crippen molar-refractivity contribution in [2.75, 3.05) is 6.54 Å². The Bertz CT molecular complexity index is 536. The molecule has 1 aliphatic carbocycles. The van der Waals surface area contributed by atoms with Crippen molar-refractivity contribution >= 4 is 21.4 Å². The fourth-order valence-electron chi connectivity index (χ4n) is 2.59. The number of rotatable bonds is 5. The number of aliphatic hydroxyl groups excluding tert-OH is 1. The van der Waals surface area contributed by atoms with Gasteiger partial charge < -0.3 is 5.11 Å². The standard InChI is InChI=1S/C13H21NO3S2/c1-9-3-4-11(5-9)7-14-19(16,17)13-6-10(2)12(8-15)18-13/h6,9,11,14-15H,3-5,7-8H2,1-2H3. The van der Waals surface area contributed by atoms with Crippen molar-refractivity contribution < 1.29 is 13.5 Å². The Morgan fingerprint density at radius 3 is 2.74 bits per heavy atom. The summed E-state index contributed by atoms with van der Waals surface area (Å²) >= 11 is 1.15. The smallest absolute Gasteiger partial charge is 0.250 e. The molecule has 1 heterocycles. The molecule has 0 aliphatic heterocycles. The van der Waals surface area contributed by atoms with E-state index in [4.69, 9.17) is 5.11 Å². The molecule has 1 saturated carbocycles. The first-order chi connectivity index (χ1) is 8.92. The van der Waals surface area contributed by atoms with E-state index in [1.807, 2.05) is 6.92 Å². The number of aryl methyl sites for hydroxylation is 1. The Kier molecular flexibility index (Phi) is 4.66. The van der Waals surface area contributed by atoms with E-state index in [1.165, 1.54) is 6.42 Å². The van der Waals surface area contributed by atoms with E-state index in [1.54, 1.807) is 6.07 Å². The number of thiophene rings is 1. The zero-order valence-electron chi connectivity index (χ0n) is 11.3. The van der Waals surface area contributed by atoms with Crippen LogP contribution in [0.15, 0.2) is 10.3 Å². The van der Waals surface area contributed by atoms with Crippen molar-refractivity contribution in [3.05, 3.63) is 16.5 Å². The highest BCUT2D eigenvalue weighted by Crippen LogP contribution is 2.30. The SMILES string of the molecule is Cc1cc(S(=O)(=O)NCC2CCC(C)C2)sc1CO. The zero-order valence-corrected chi connectivity index (χ0v) is 13.0. The average molecular weight is 303 g/mol. The number of hydrogen-bond donors (Lipinski definition) is 2. The van der Waals surface area contributed by atoms with Crippen LogP contribution in [0.3, 0.4) is 0 Å². The minimum atomic E-state index is -3.42. The quantitative estimate of drug-likeness (QED) is 0.877. The molecule has 1 aliphatic rings. The predicted octanol–water partition coefficient (Wildman–Crippen LogP) is 2.26. The van der Waals surface area contributed by atoms with Gasteiger partial charge in [0.1, 0.15) is 4.21 Å². The molecule has 0 spiro atoms. The molecular formula is C13H21NO3S2. The number of hydrogen-bond acceptors (Lipinski definition) is 4. The summed E-state index contributed by atoms with van der Waals surface area (Å²) in [4.78, 5) is 0.717. The number of nitrogens with one attached hydrogen (secondary N) is 1. The largest absolute Gasteiger partial charge is 0.391 e. The molecule has 1 fully saturated rings. The van der Waals surface area contributed by atoms with Crippen LogP contribution < -0.4 is 4.72 Å². The van der Waals surface area contributed by atoms with Gasteiger partial charge in [-0.25, -0.2) is 13.1 Å². The second-order valence-corrected chi connectivity index (χ2v) is 8.60. The molecule has 1 aromatic heterocycles. The van der Waals surface area contributed by atoms with Crippen LogP contribution in [0.1, 0.15) is 36.6 Å². The van der Waals surface area contributed by atoms with Gasteiger partial charge >= 0.3 is 0 Å². The molecule has 1 aromatic rings. The van der Waals surface area contributed by atoms with Gasteiger partial charge in [-0.1, -0.05) is 13.3 Å². The van der Waals surface area contributed by atoms with Gasteiger partial charge in [-0.2, -0.15) is 0 Å². The molecule has 6 heteroatoms. The topological polar surface area (TPSA) is 66.4 Å². The fourth-order valence-corrected chi connectivity index (χ4v) is 5.20. The van der Waals surface area contributed by atoms with Gasteiger partial charge in [0.15, 0.2) is 0 Å². The molecule has 4 nitrogen and oxygen atoms in total. The van der Waals surface area contributed by atoms with E-state index in [0.29, 0.717) is 22.6 Å². The van der Waals surface area contributed by atoms with Gasteiger partial charge in [0.25, 0.3) is 0 Å². The summed E-state index contributed by atoms with van der Waals surface area (Å²) < 4.78 is 27.3. The van der Waals surface area contributed by atoms with Crippen molar-refractivity contribution in [1.29, 1.82) is 0 Å². The molecule has 0 aromatic carbocycles. The maximum absolute atomic E-state index is 12.2. The van der Waals surface area contributed by atoms with Crippen LogP contribution in [-0.2, 0) is 16.6 Å². The maximum Gasteiger partial charge on any atom is 0.250 e. The Morgan fingerprint density at radius 1 is 1.47 bits per heavy atom. The van der Waals surface area contributed by atoms with Crippen molar-refractivity contribution in [2.45, 2.75) is 43.9 Å². The van der Waals surface area contributed by atoms with Gasteiger partial charge in [-0.05, 0) is 43.2 Å². The summed E-state index contributed by atoms with van der Waals surface area (Å²) in [5.74, 6) is 1.17. The molecular weight excluding hydrogens is 282 g/mol. The van der Waals surface area contributed by atoms with Crippen LogP contribution in [0, 0.1) is 18.8 Å². The molecule has 2 atom stereocenters. The lowest BCUT2D eigenvalue weighted by Crippen LogP contribution is -2.28. The first kappa shape index (κ1) is 15.0. The lowest BCUT2D eigenvalue weighted by molar-refractivity contribution is 0.285. The molecule has 0 saturated heterocycles. The van der Waals surface area contributed by atoms with Crippen LogP contribution >= 0.6 is 11.3 Å². The summed E-state index contributed by atoms with van der Waals surface area (Å²) in [5.41, 5.74) is 0.836. The van der Waals surface area contributed by atoms with Crippen molar-refractivity contribution in [2.24, 2.45) is 11.8 Å². The van der Waals surface area contributed by atoms with Gasteiger partial charge in [0.05, 0.1) is 6.61 Å². The van der Waals surface area contributed by atoms with Gasteiger partial charge in [-0.15, -0.1) is 11.3 Å². The Balaban J connectivity index is 2.01. The molecule has 19 heavy (non-hydrogen) atoms. The average Bonchev–Trinajstić information content (AvgIpc) is 2.93. The van der Waals surface area contributed by atoms with Crippen LogP contribution in [0.5, 0.6) is 0 Å². The third-order valence-electron chi connectivity index (χ3n) is 3.77. The lowest BCUT2D eigenvalue weighted by Gasteiger charge is -2.10. The van der Waals surface area contributed by atoms with E-state index < -0.39 is 10.0 Å². The molecule has 2 unspecified atom stereocenters. The molecule has 0 radical (unpaired) electrons. The summed E-state index contributed by atoms with van der Waals surface area (Å²) in [6.45, 7) is 4.45. The van der Waals surface area contributed by atoms with E-state index in [9.17, 15) is 8.42 Å². The van der Waals surface area contributed by atoms with Crippen molar-refractivity contribution in [3.63, 3.8) is 0 Å². The highest BCUT2D eigenvalue weighted by Gasteiger charge is 2.24. The number of aliphatic hydroxyl groups is 1. The summed E-state index contributed by atoms with van der Waals surface area (Å²) in [7, 11) is -3.42. The summed E-state index contributed by atoms with van der Waals surface area (Å²) in [6, 6.07) is 1.63. The van der Waals surface area contributed by atoms with E-state index in [-0.39, 0.29) is 6.61 Å². The Morgan fingerprint density at radius 2 is 2.21 bits per heavy atom. The Hall–Kier alpha value is -0.430. The minimum absolute atomic E-state index is 0.105. The minimum Gasteiger partial charge on any atom is -0.391 e. The van der Waals surface area contributed by atoms with Crippen LogP contribution in [0.4, 0.5) is 0 Å². The van der Waals surface area contributed by atoms with E-state index in [0.717, 1.165) is 34.6 Å². The normalized spacial score (nSPS) is 23.9. The third-order valence-corrected chi connectivity index (χ3v) is 6.89. The third kappa shape index (κ3) is 3.56. The maximum atomic E-state index is 12.2. The number of sulfonamides is 1. The van der Waals surface area contributed by atoms with Crippen LogP contribution in [0.25, 0.3) is 0 Å². The molecule has 0 amide bonds. The van der Waals surface area contributed by atoms with Gasteiger partial charge in [-0.3, -0.25) is 0 Å². The first-order valence-corrected chi connectivity index (χ1v) is 8.92. The van der Waals surface area contributed by atoms with E-state index >= 15 is 0 Å². The van der Waals surface area contributed by atoms with Crippen LogP contribution in [0.2, 0.25) is 0 Å². The Labute approximate surface area is 118 Å². The molecule has 2 N–H and O–H groups in total. The van der Waals surface area contributed by atoms with Gasteiger partial charge in [0.2, 0.25) is 10.0 Å². The summed E-state index contributed by atoms with van der Waals surface area (Å²) in [5, 5.41) is 9.12. The van der Waals surface area contributed by atoms with Crippen LogP contribution in [-0.4, -0.2) is 20.1 Å². The predicted molar refractivity (Wildman–Crippen MR) is 76.7 cm³/mol. The monoisotopic (exact) mass is 303 g/mol. The second kappa shape index (κ2) is 5.91. The lowest BCUT2D eigenvalue weighted by atomic mass is 10.1. The highest BCUT2D eigenvalue weighted by molar-refractivity contribution is 7.91. The molecule has 2 rings (SSSR count). The highest BCUT2D eigenvalue weighted by atomic mass is 32.2. The van der Waals surface area contributed by atoms with Crippen molar-refractivity contribution in [3.8, 4) is 0 Å². The fraction of sp³-hybridized carbons (Fsp3) is 0.692. The first-order valence-electron chi connectivity index (χ1n) is 6.62. The zero-order chi connectivity index (χ0) is 14.0.